The molecule has 4 aromatic carbocycles. The first-order chi connectivity index (χ1) is 12.3. The van der Waals surface area contributed by atoms with E-state index in [1.54, 1.807) is 18.2 Å². The van der Waals surface area contributed by atoms with Crippen molar-refractivity contribution in [3.8, 4) is 5.75 Å². The van der Waals surface area contributed by atoms with E-state index in [1.807, 2.05) is 54.6 Å². The van der Waals surface area contributed by atoms with Gasteiger partial charge in [0.15, 0.2) is 6.29 Å². The van der Waals surface area contributed by atoms with E-state index >= 15 is 0 Å². The summed E-state index contributed by atoms with van der Waals surface area (Å²) in [4.78, 5) is 11.4. The Morgan fingerprint density at radius 3 is 2.24 bits per heavy atom. The third-order valence-corrected chi connectivity index (χ3v) is 4.19. The van der Waals surface area contributed by atoms with Crippen LogP contribution in [0, 0.1) is 0 Å². The number of aldehydes is 1. The highest BCUT2D eigenvalue weighted by atomic mass is 16.3. The maximum absolute atomic E-state index is 11.4. The van der Waals surface area contributed by atoms with Gasteiger partial charge >= 0.3 is 0 Å². The number of phenols is 1. The minimum absolute atomic E-state index is 0.202. The number of rotatable bonds is 3. The van der Waals surface area contributed by atoms with Gasteiger partial charge in [0.25, 0.3) is 0 Å². The van der Waals surface area contributed by atoms with Crippen molar-refractivity contribution >= 4 is 39.2 Å². The molecule has 0 spiro atoms. The Labute approximate surface area is 144 Å². The number of phenolic OH excluding ortho intramolecular Hbond substituents is 1. The molecule has 4 rings (SSSR count). The second-order valence-corrected chi connectivity index (χ2v) is 5.69. The predicted octanol–water partition coefficient (Wildman–Crippen LogP) is 5.93. The summed E-state index contributed by atoms with van der Waals surface area (Å²) in [6, 6.07) is 22.2. The van der Waals surface area contributed by atoms with Crippen molar-refractivity contribution in [3.05, 3.63) is 78.4 Å². The summed E-state index contributed by atoms with van der Waals surface area (Å²) in [7, 11) is 0. The lowest BCUT2D eigenvalue weighted by molar-refractivity contribution is 0.112. The summed E-state index contributed by atoms with van der Waals surface area (Å²) < 4.78 is 0. The highest BCUT2D eigenvalue weighted by molar-refractivity contribution is 6.01. The second-order valence-electron chi connectivity index (χ2n) is 5.69. The first kappa shape index (κ1) is 15.0. The van der Waals surface area contributed by atoms with E-state index in [-0.39, 0.29) is 5.75 Å². The van der Waals surface area contributed by atoms with Gasteiger partial charge in [-0.15, -0.1) is 10.2 Å². The van der Waals surface area contributed by atoms with Crippen LogP contribution < -0.4 is 0 Å². The molecule has 0 heterocycles. The molecule has 4 nitrogen and oxygen atoms in total. The maximum Gasteiger partial charge on any atom is 0.152 e. The molecule has 0 amide bonds. The standard InChI is InChI=1S/C21H14N2O2/c24-13-15-10-9-14-5-1-2-6-16(14)21(15)23-22-19-11-12-20(25)18-8-4-3-7-17(18)19/h1-13,25H. The highest BCUT2D eigenvalue weighted by Gasteiger charge is 2.08. The number of fused-ring (bicyclic) bond motifs is 2. The number of aromatic hydroxyl groups is 1. The average Bonchev–Trinajstić information content (AvgIpc) is 2.67. The summed E-state index contributed by atoms with van der Waals surface area (Å²) in [6.45, 7) is 0. The van der Waals surface area contributed by atoms with Crippen LogP contribution in [0.4, 0.5) is 11.4 Å². The van der Waals surface area contributed by atoms with E-state index in [4.69, 9.17) is 0 Å². The largest absolute Gasteiger partial charge is 0.507 e. The van der Waals surface area contributed by atoms with Gasteiger partial charge < -0.3 is 5.11 Å². The SMILES string of the molecule is O=Cc1ccc2ccccc2c1N=Nc1ccc(O)c2ccccc12. The number of nitrogens with zero attached hydrogens (tertiary/aromatic N) is 2. The number of azo groups is 1. The molecule has 0 fully saturated rings. The van der Waals surface area contributed by atoms with Crippen molar-refractivity contribution in [2.24, 2.45) is 10.2 Å². The lowest BCUT2D eigenvalue weighted by atomic mass is 10.1. The molecule has 120 valence electrons. The quantitative estimate of drug-likeness (QED) is 0.375. The summed E-state index contributed by atoms with van der Waals surface area (Å²) in [5, 5.41) is 22.1. The molecule has 0 bridgehead atoms. The number of hydrogen-bond acceptors (Lipinski definition) is 4. The number of hydrogen-bond donors (Lipinski definition) is 1. The minimum atomic E-state index is 0.202. The Hall–Kier alpha value is -3.53. The van der Waals surface area contributed by atoms with E-state index in [9.17, 15) is 9.90 Å². The second kappa shape index (κ2) is 6.17. The summed E-state index contributed by atoms with van der Waals surface area (Å²) in [5.41, 5.74) is 1.67. The van der Waals surface area contributed by atoms with Gasteiger partial charge in [-0.2, -0.15) is 0 Å². The van der Waals surface area contributed by atoms with Gasteiger partial charge in [0, 0.05) is 21.7 Å². The molecule has 25 heavy (non-hydrogen) atoms. The number of benzene rings is 4. The summed E-state index contributed by atoms with van der Waals surface area (Å²) in [5.74, 6) is 0.202. The van der Waals surface area contributed by atoms with Gasteiger partial charge in [-0.05, 0) is 23.6 Å². The molecule has 4 aromatic rings. The molecule has 4 heteroatoms. The van der Waals surface area contributed by atoms with Crippen molar-refractivity contribution in [1.29, 1.82) is 0 Å². The molecule has 0 radical (unpaired) electrons. The van der Waals surface area contributed by atoms with Gasteiger partial charge in [-0.3, -0.25) is 4.79 Å². The topological polar surface area (TPSA) is 62.0 Å². The zero-order valence-electron chi connectivity index (χ0n) is 13.3. The van der Waals surface area contributed by atoms with Crippen LogP contribution in [-0.4, -0.2) is 11.4 Å². The van der Waals surface area contributed by atoms with Crippen LogP contribution in [0.2, 0.25) is 0 Å². The van der Waals surface area contributed by atoms with Crippen LogP contribution in [0.15, 0.2) is 83.0 Å². The molecule has 1 N–H and O–H groups in total. The zero-order valence-corrected chi connectivity index (χ0v) is 13.3. The Bertz CT molecular complexity index is 1130. The van der Waals surface area contributed by atoms with E-state index in [0.29, 0.717) is 22.3 Å². The van der Waals surface area contributed by atoms with E-state index in [1.165, 1.54) is 0 Å². The van der Waals surface area contributed by atoms with Gasteiger partial charge in [0.05, 0.1) is 5.69 Å². The molecular formula is C21H14N2O2. The minimum Gasteiger partial charge on any atom is -0.507 e. The van der Waals surface area contributed by atoms with E-state index < -0.39 is 0 Å². The maximum atomic E-state index is 11.4. The number of carbonyl (C=O) groups is 1. The van der Waals surface area contributed by atoms with Crippen molar-refractivity contribution in [1.82, 2.24) is 0 Å². The van der Waals surface area contributed by atoms with Crippen LogP contribution in [0.25, 0.3) is 21.5 Å². The Balaban J connectivity index is 1.90. The lowest BCUT2D eigenvalue weighted by Gasteiger charge is -2.05. The molecule has 0 aliphatic carbocycles. The van der Waals surface area contributed by atoms with E-state index in [2.05, 4.69) is 10.2 Å². The fourth-order valence-electron chi connectivity index (χ4n) is 2.94. The van der Waals surface area contributed by atoms with Crippen LogP contribution in [-0.2, 0) is 0 Å². The molecule has 0 aliphatic heterocycles. The fraction of sp³-hybridized carbons (Fsp3) is 0. The first-order valence-electron chi connectivity index (χ1n) is 7.87. The van der Waals surface area contributed by atoms with Crippen LogP contribution >= 0.6 is 0 Å². The molecule has 0 atom stereocenters. The normalized spacial score (nSPS) is 11.4. The Kier molecular flexibility index (Phi) is 3.71. The molecule has 0 aromatic heterocycles. The smallest absolute Gasteiger partial charge is 0.152 e. The Morgan fingerprint density at radius 1 is 0.720 bits per heavy atom. The predicted molar refractivity (Wildman–Crippen MR) is 99.1 cm³/mol. The molecular weight excluding hydrogens is 312 g/mol. The molecule has 0 saturated heterocycles. The van der Waals surface area contributed by atoms with Crippen molar-refractivity contribution in [3.63, 3.8) is 0 Å². The molecule has 0 unspecified atom stereocenters. The van der Waals surface area contributed by atoms with Crippen LogP contribution in [0.1, 0.15) is 10.4 Å². The number of carbonyl (C=O) groups excluding carboxylic acids is 1. The summed E-state index contributed by atoms with van der Waals surface area (Å²) >= 11 is 0. The van der Waals surface area contributed by atoms with Crippen LogP contribution in [0.3, 0.4) is 0 Å². The Morgan fingerprint density at radius 2 is 1.44 bits per heavy atom. The summed E-state index contributed by atoms with van der Waals surface area (Å²) in [6.07, 6.45) is 0.787. The van der Waals surface area contributed by atoms with Gasteiger partial charge in [0.1, 0.15) is 11.4 Å². The molecule has 0 saturated carbocycles. The first-order valence-corrected chi connectivity index (χ1v) is 7.87. The van der Waals surface area contributed by atoms with E-state index in [0.717, 1.165) is 22.4 Å². The zero-order chi connectivity index (χ0) is 17.2. The fourth-order valence-corrected chi connectivity index (χ4v) is 2.94. The van der Waals surface area contributed by atoms with Gasteiger partial charge in [0.2, 0.25) is 0 Å². The van der Waals surface area contributed by atoms with Crippen molar-refractivity contribution < 1.29 is 9.90 Å². The highest BCUT2D eigenvalue weighted by Crippen LogP contribution is 2.35. The van der Waals surface area contributed by atoms with Gasteiger partial charge in [-0.25, -0.2) is 0 Å². The van der Waals surface area contributed by atoms with Crippen molar-refractivity contribution in [2.75, 3.05) is 0 Å². The van der Waals surface area contributed by atoms with Crippen molar-refractivity contribution in [2.45, 2.75) is 0 Å². The van der Waals surface area contributed by atoms with Gasteiger partial charge in [-0.1, -0.05) is 54.6 Å². The average molecular weight is 326 g/mol. The third kappa shape index (κ3) is 2.64. The third-order valence-electron chi connectivity index (χ3n) is 4.19. The lowest BCUT2D eigenvalue weighted by Crippen LogP contribution is -1.83. The molecule has 0 aliphatic rings. The monoisotopic (exact) mass is 326 g/mol. The van der Waals surface area contributed by atoms with Crippen LogP contribution in [0.5, 0.6) is 5.75 Å².